The first-order valence-electron chi connectivity index (χ1n) is 4.66. The van der Waals surface area contributed by atoms with E-state index in [2.05, 4.69) is 26.2 Å². The average Bonchev–Trinajstić information content (AvgIpc) is 2.84. The zero-order valence-corrected chi connectivity index (χ0v) is 11.0. The summed E-state index contributed by atoms with van der Waals surface area (Å²) in [6, 6.07) is 1.86. The van der Waals surface area contributed by atoms with Gasteiger partial charge < -0.3 is 9.88 Å². The van der Waals surface area contributed by atoms with Crippen LogP contribution in [0.15, 0.2) is 28.3 Å². The van der Waals surface area contributed by atoms with Crippen molar-refractivity contribution in [2.75, 3.05) is 0 Å². The van der Waals surface area contributed by atoms with Crippen LogP contribution in [0.1, 0.15) is 15.5 Å². The van der Waals surface area contributed by atoms with Gasteiger partial charge in [-0.15, -0.1) is 11.3 Å². The number of nitrogens with one attached hydrogen (secondary N) is 1. The summed E-state index contributed by atoms with van der Waals surface area (Å²) in [5, 5.41) is 4.70. The Bertz CT molecular complexity index is 506. The summed E-state index contributed by atoms with van der Waals surface area (Å²) >= 11 is 4.74. The van der Waals surface area contributed by atoms with Gasteiger partial charge in [-0.1, -0.05) is 0 Å². The number of halogens is 1. The van der Waals surface area contributed by atoms with Crippen LogP contribution in [0.3, 0.4) is 0 Å². The maximum absolute atomic E-state index is 11.8. The van der Waals surface area contributed by atoms with Crippen molar-refractivity contribution in [3.8, 4) is 0 Å². The molecule has 2 aromatic rings. The van der Waals surface area contributed by atoms with Crippen LogP contribution < -0.4 is 5.32 Å². The van der Waals surface area contributed by atoms with E-state index < -0.39 is 0 Å². The predicted octanol–water partition coefficient (Wildman–Crippen LogP) is 2.17. The molecule has 0 aromatic carbocycles. The SMILES string of the molecule is Cn1ccnc1CNC(=O)c1sccc1Br. The van der Waals surface area contributed by atoms with Crippen LogP contribution >= 0.6 is 27.3 Å². The molecule has 2 aromatic heterocycles. The highest BCUT2D eigenvalue weighted by molar-refractivity contribution is 9.10. The summed E-state index contributed by atoms with van der Waals surface area (Å²) in [6.07, 6.45) is 3.56. The van der Waals surface area contributed by atoms with Crippen molar-refractivity contribution in [3.05, 3.63) is 39.0 Å². The van der Waals surface area contributed by atoms with E-state index in [1.165, 1.54) is 11.3 Å². The van der Waals surface area contributed by atoms with Crippen molar-refractivity contribution < 1.29 is 4.79 Å². The van der Waals surface area contributed by atoms with Crippen LogP contribution in [-0.4, -0.2) is 15.5 Å². The Balaban J connectivity index is 1.99. The van der Waals surface area contributed by atoms with Crippen molar-refractivity contribution in [2.45, 2.75) is 6.54 Å². The first-order chi connectivity index (χ1) is 7.68. The second-order valence-corrected chi connectivity index (χ2v) is 5.01. The predicted molar refractivity (Wildman–Crippen MR) is 66.4 cm³/mol. The number of carbonyl (C=O) groups excluding carboxylic acids is 1. The first kappa shape index (κ1) is 11.3. The average molecular weight is 300 g/mol. The van der Waals surface area contributed by atoms with Crippen molar-refractivity contribution in [1.82, 2.24) is 14.9 Å². The molecule has 0 unspecified atom stereocenters. The van der Waals surface area contributed by atoms with Gasteiger partial charge in [-0.05, 0) is 27.4 Å². The molecule has 0 bridgehead atoms. The van der Waals surface area contributed by atoms with Crippen molar-refractivity contribution in [2.24, 2.45) is 7.05 Å². The van der Waals surface area contributed by atoms with E-state index in [0.29, 0.717) is 11.4 Å². The minimum absolute atomic E-state index is 0.0788. The van der Waals surface area contributed by atoms with Gasteiger partial charge in [-0.25, -0.2) is 4.98 Å². The molecule has 16 heavy (non-hydrogen) atoms. The Morgan fingerprint density at radius 2 is 2.50 bits per heavy atom. The highest BCUT2D eigenvalue weighted by atomic mass is 79.9. The number of amides is 1. The minimum Gasteiger partial charge on any atom is -0.344 e. The summed E-state index contributed by atoms with van der Waals surface area (Å²) in [6.45, 7) is 0.437. The van der Waals surface area contributed by atoms with E-state index in [9.17, 15) is 4.79 Å². The third kappa shape index (κ3) is 2.33. The van der Waals surface area contributed by atoms with Gasteiger partial charge in [-0.3, -0.25) is 4.79 Å². The largest absolute Gasteiger partial charge is 0.344 e. The van der Waals surface area contributed by atoms with Crippen molar-refractivity contribution >= 4 is 33.2 Å². The van der Waals surface area contributed by atoms with Gasteiger partial charge in [0.1, 0.15) is 10.7 Å². The van der Waals surface area contributed by atoms with E-state index in [-0.39, 0.29) is 5.91 Å². The van der Waals surface area contributed by atoms with Crippen LogP contribution in [0.2, 0.25) is 0 Å². The number of hydrogen-bond acceptors (Lipinski definition) is 3. The highest BCUT2D eigenvalue weighted by Crippen LogP contribution is 2.22. The molecule has 4 nitrogen and oxygen atoms in total. The Morgan fingerprint density at radius 1 is 1.69 bits per heavy atom. The van der Waals surface area contributed by atoms with E-state index >= 15 is 0 Å². The summed E-state index contributed by atoms with van der Waals surface area (Å²) < 4.78 is 2.71. The second-order valence-electron chi connectivity index (χ2n) is 3.23. The molecule has 1 N–H and O–H groups in total. The number of hydrogen-bond donors (Lipinski definition) is 1. The third-order valence-corrected chi connectivity index (χ3v) is 3.99. The number of thiophene rings is 1. The lowest BCUT2D eigenvalue weighted by atomic mass is 10.4. The molecule has 2 heterocycles. The Labute approximate surface area is 105 Å². The van der Waals surface area contributed by atoms with Crippen LogP contribution in [-0.2, 0) is 13.6 Å². The number of nitrogens with zero attached hydrogens (tertiary/aromatic N) is 2. The van der Waals surface area contributed by atoms with Gasteiger partial charge in [0.15, 0.2) is 0 Å². The molecule has 1 amide bonds. The highest BCUT2D eigenvalue weighted by Gasteiger charge is 2.11. The van der Waals surface area contributed by atoms with Crippen molar-refractivity contribution in [1.29, 1.82) is 0 Å². The Kier molecular flexibility index (Phi) is 3.40. The number of aryl methyl sites for hydroxylation is 1. The molecule has 0 saturated carbocycles. The van der Waals surface area contributed by atoms with Crippen LogP contribution in [0.4, 0.5) is 0 Å². The van der Waals surface area contributed by atoms with Gasteiger partial charge in [0, 0.05) is 23.9 Å². The first-order valence-corrected chi connectivity index (χ1v) is 6.33. The van der Waals surface area contributed by atoms with Gasteiger partial charge in [0.2, 0.25) is 0 Å². The third-order valence-electron chi connectivity index (χ3n) is 2.15. The molecule has 84 valence electrons. The van der Waals surface area contributed by atoms with E-state index in [0.717, 1.165) is 10.3 Å². The van der Waals surface area contributed by atoms with Gasteiger partial charge in [-0.2, -0.15) is 0 Å². The topological polar surface area (TPSA) is 46.9 Å². The molecule has 0 radical (unpaired) electrons. The fourth-order valence-electron chi connectivity index (χ4n) is 1.26. The molecular weight excluding hydrogens is 290 g/mol. The molecular formula is C10H10BrN3OS. The second kappa shape index (κ2) is 4.80. The smallest absolute Gasteiger partial charge is 0.262 e. The van der Waals surface area contributed by atoms with E-state index in [4.69, 9.17) is 0 Å². The fourth-order valence-corrected chi connectivity index (χ4v) is 2.73. The Morgan fingerprint density at radius 3 is 3.06 bits per heavy atom. The standard InChI is InChI=1S/C10H10BrN3OS/c1-14-4-3-12-8(14)6-13-10(15)9-7(11)2-5-16-9/h2-5H,6H2,1H3,(H,13,15). The summed E-state index contributed by atoms with van der Waals surface area (Å²) in [4.78, 5) is 16.6. The Hall–Kier alpha value is -1.14. The van der Waals surface area contributed by atoms with Gasteiger partial charge in [0.25, 0.3) is 5.91 Å². The minimum atomic E-state index is -0.0788. The lowest BCUT2D eigenvalue weighted by Crippen LogP contribution is -2.23. The summed E-state index contributed by atoms with van der Waals surface area (Å²) in [7, 11) is 1.90. The molecule has 0 aliphatic rings. The zero-order valence-electron chi connectivity index (χ0n) is 8.61. The van der Waals surface area contributed by atoms with Gasteiger partial charge >= 0.3 is 0 Å². The molecule has 0 saturated heterocycles. The van der Waals surface area contributed by atoms with Crippen molar-refractivity contribution in [3.63, 3.8) is 0 Å². The fraction of sp³-hybridized carbons (Fsp3) is 0.200. The monoisotopic (exact) mass is 299 g/mol. The molecule has 2 rings (SSSR count). The maximum Gasteiger partial charge on any atom is 0.262 e. The molecule has 0 spiro atoms. The molecule has 0 aliphatic heterocycles. The summed E-state index contributed by atoms with van der Waals surface area (Å²) in [5.41, 5.74) is 0. The molecule has 0 aliphatic carbocycles. The lowest BCUT2D eigenvalue weighted by Gasteiger charge is -2.04. The number of imidazole rings is 1. The van der Waals surface area contributed by atoms with Gasteiger partial charge in [0.05, 0.1) is 6.54 Å². The molecule has 6 heteroatoms. The number of carbonyl (C=O) groups is 1. The lowest BCUT2D eigenvalue weighted by molar-refractivity contribution is 0.0953. The normalized spacial score (nSPS) is 10.4. The quantitative estimate of drug-likeness (QED) is 0.944. The zero-order chi connectivity index (χ0) is 11.5. The van der Waals surface area contributed by atoms with E-state index in [1.54, 1.807) is 6.20 Å². The maximum atomic E-state index is 11.8. The number of rotatable bonds is 3. The van der Waals surface area contributed by atoms with Crippen LogP contribution in [0.5, 0.6) is 0 Å². The molecule has 0 fully saturated rings. The number of aromatic nitrogens is 2. The molecule has 0 atom stereocenters. The van der Waals surface area contributed by atoms with E-state index in [1.807, 2.05) is 29.3 Å². The summed E-state index contributed by atoms with van der Waals surface area (Å²) in [5.74, 6) is 0.755. The van der Waals surface area contributed by atoms with Crippen LogP contribution in [0.25, 0.3) is 0 Å². The van der Waals surface area contributed by atoms with Crippen LogP contribution in [0, 0.1) is 0 Å².